The maximum atomic E-state index is 13.3. The van der Waals surface area contributed by atoms with Gasteiger partial charge in [-0.15, -0.1) is 11.3 Å². The number of nitrogens with zero attached hydrogens (tertiary/aromatic N) is 2. The highest BCUT2D eigenvalue weighted by Gasteiger charge is 2.37. The van der Waals surface area contributed by atoms with Crippen molar-refractivity contribution in [3.05, 3.63) is 88.3 Å². The first-order valence-corrected chi connectivity index (χ1v) is 13.0. The lowest BCUT2D eigenvalue weighted by Crippen LogP contribution is -2.45. The van der Waals surface area contributed by atoms with Gasteiger partial charge in [-0.2, -0.15) is 5.26 Å². The topological polar surface area (TPSA) is 95.9 Å². The van der Waals surface area contributed by atoms with E-state index in [0.29, 0.717) is 20.3 Å². The van der Waals surface area contributed by atoms with E-state index in [9.17, 15) is 14.9 Å². The summed E-state index contributed by atoms with van der Waals surface area (Å²) in [6.07, 6.45) is 1.66. The number of aromatic nitrogens is 1. The fourth-order valence-corrected chi connectivity index (χ4v) is 6.83. The third-order valence-electron chi connectivity index (χ3n) is 5.29. The van der Waals surface area contributed by atoms with Crippen LogP contribution in [0.2, 0.25) is 0 Å². The number of hydrogen-bond donors (Lipinski definition) is 1. The van der Waals surface area contributed by atoms with Gasteiger partial charge in [0.25, 0.3) is 5.56 Å². The van der Waals surface area contributed by atoms with E-state index in [2.05, 4.69) is 51.3 Å². The van der Waals surface area contributed by atoms with Gasteiger partial charge in [0.05, 0.1) is 22.8 Å². The molecule has 1 aliphatic rings. The van der Waals surface area contributed by atoms with Crippen LogP contribution in [0.3, 0.4) is 0 Å². The fraction of sp³-hybridized carbons (Fsp3) is 0.167. The zero-order valence-corrected chi connectivity index (χ0v) is 22.5. The molecule has 0 amide bonds. The highest BCUT2D eigenvalue weighted by molar-refractivity contribution is 14.1. The van der Waals surface area contributed by atoms with Crippen LogP contribution in [0.25, 0.3) is 9.66 Å². The van der Waals surface area contributed by atoms with E-state index in [0.717, 1.165) is 12.7 Å². The van der Waals surface area contributed by atoms with Crippen LogP contribution in [0.4, 0.5) is 0 Å². The van der Waals surface area contributed by atoms with Crippen LogP contribution >= 0.6 is 56.5 Å². The highest BCUT2D eigenvalue weighted by Crippen LogP contribution is 2.40. The van der Waals surface area contributed by atoms with Gasteiger partial charge in [0, 0.05) is 13.1 Å². The molecule has 1 N–H and O–H groups in total. The smallest absolute Gasteiger partial charge is 0.338 e. The first-order valence-electron chi connectivity index (χ1n) is 10.0. The number of esters is 1. The molecule has 0 saturated heterocycles. The molecule has 1 aliphatic heterocycles. The molecular weight excluding hydrogens is 664 g/mol. The van der Waals surface area contributed by atoms with Crippen molar-refractivity contribution >= 4 is 78.0 Å². The Morgan fingerprint density at radius 2 is 1.94 bits per heavy atom. The summed E-state index contributed by atoms with van der Waals surface area (Å²) >= 11 is 5.70. The number of nitrogens with one attached hydrogen (secondary N) is 1. The van der Waals surface area contributed by atoms with Crippen molar-refractivity contribution in [3.63, 3.8) is 0 Å². The number of nitriles is 1. The standard InChI is InChI=1S/C24H17I2N3O3S/c1-2-32-24(31)14-8-4-3-7-13(14)11-18-22(30)29-21(28)16(12-27)19(20(26)23(29)33-18)15-9-5-6-10-17(15)25/h3-11,16,19,28H,2H2,1H3/b18-11-,28-21?. The van der Waals surface area contributed by atoms with Crippen LogP contribution in [0.15, 0.2) is 53.3 Å². The molecule has 0 fully saturated rings. The van der Waals surface area contributed by atoms with E-state index < -0.39 is 11.9 Å². The van der Waals surface area contributed by atoms with Crippen molar-refractivity contribution in [1.29, 1.82) is 10.7 Å². The molecule has 0 bridgehead atoms. The Hall–Kier alpha value is -2.30. The number of halogens is 2. The maximum Gasteiger partial charge on any atom is 0.338 e. The van der Waals surface area contributed by atoms with Gasteiger partial charge < -0.3 is 4.74 Å². The number of carbonyl (C=O) groups excluding carboxylic acids is 1. The Labute approximate surface area is 221 Å². The summed E-state index contributed by atoms with van der Waals surface area (Å²) < 4.78 is 9.35. The van der Waals surface area contributed by atoms with Gasteiger partial charge in [-0.05, 0) is 81.4 Å². The lowest BCUT2D eigenvalue weighted by atomic mass is 9.84. The molecule has 33 heavy (non-hydrogen) atoms. The lowest BCUT2D eigenvalue weighted by Gasteiger charge is -2.27. The first kappa shape index (κ1) is 23.8. The summed E-state index contributed by atoms with van der Waals surface area (Å²) in [6.45, 7) is 1.99. The molecule has 0 saturated carbocycles. The van der Waals surface area contributed by atoms with Gasteiger partial charge in [-0.25, -0.2) is 4.79 Å². The van der Waals surface area contributed by atoms with E-state index in [1.54, 1.807) is 37.3 Å². The van der Waals surface area contributed by atoms with E-state index in [4.69, 9.17) is 10.1 Å². The summed E-state index contributed by atoms with van der Waals surface area (Å²) in [6, 6.07) is 17.0. The number of thiazole rings is 1. The van der Waals surface area contributed by atoms with Crippen molar-refractivity contribution in [2.24, 2.45) is 5.92 Å². The summed E-state index contributed by atoms with van der Waals surface area (Å²) in [4.78, 5) is 25.7. The van der Waals surface area contributed by atoms with E-state index >= 15 is 0 Å². The molecular formula is C24H17I2N3O3S. The fourth-order valence-electron chi connectivity index (χ4n) is 3.78. The van der Waals surface area contributed by atoms with Crippen LogP contribution in [-0.4, -0.2) is 23.0 Å². The molecule has 2 atom stereocenters. The molecule has 1 aromatic heterocycles. The van der Waals surface area contributed by atoms with Crippen molar-refractivity contribution in [2.45, 2.75) is 12.8 Å². The van der Waals surface area contributed by atoms with Gasteiger partial charge in [-0.3, -0.25) is 14.8 Å². The second-order valence-corrected chi connectivity index (χ2v) is 10.6. The molecule has 0 radical (unpaired) electrons. The van der Waals surface area contributed by atoms with Gasteiger partial charge in [0.2, 0.25) is 0 Å². The predicted octanol–water partition coefficient (Wildman–Crippen LogP) is 3.83. The molecule has 2 heterocycles. The average molecular weight is 681 g/mol. The van der Waals surface area contributed by atoms with Crippen LogP contribution in [-0.2, 0) is 4.74 Å². The van der Waals surface area contributed by atoms with Crippen molar-refractivity contribution < 1.29 is 9.53 Å². The van der Waals surface area contributed by atoms with E-state index in [-0.39, 0.29) is 23.9 Å². The SMILES string of the molecule is CCOC(=O)c1ccccc1/C=c1\sc2n(c1=O)C(=N)C(C#N)C(c1ccccc1I)C=2I. The molecule has 2 aromatic carbocycles. The van der Waals surface area contributed by atoms with Gasteiger partial charge in [0.1, 0.15) is 16.4 Å². The molecule has 166 valence electrons. The number of rotatable bonds is 4. The summed E-state index contributed by atoms with van der Waals surface area (Å²) in [5.41, 5.74) is 1.54. The number of fused-ring (bicyclic) bond motifs is 1. The van der Waals surface area contributed by atoms with E-state index in [1.807, 2.05) is 24.3 Å². The molecule has 0 aliphatic carbocycles. The molecule has 4 rings (SSSR count). The summed E-state index contributed by atoms with van der Waals surface area (Å²) in [7, 11) is 0. The zero-order chi connectivity index (χ0) is 23.7. The monoisotopic (exact) mass is 681 g/mol. The maximum absolute atomic E-state index is 13.3. The number of benzene rings is 2. The Morgan fingerprint density at radius 3 is 2.64 bits per heavy atom. The van der Waals surface area contributed by atoms with Crippen molar-refractivity contribution in [2.75, 3.05) is 6.61 Å². The predicted molar refractivity (Wildman–Crippen MR) is 145 cm³/mol. The first-order chi connectivity index (χ1) is 15.9. The van der Waals surface area contributed by atoms with Crippen LogP contribution in [0.5, 0.6) is 0 Å². The third kappa shape index (κ3) is 4.31. The minimum absolute atomic E-state index is 0.0304. The molecule has 2 unspecified atom stereocenters. The number of hydrogen-bond acceptors (Lipinski definition) is 6. The molecule has 9 heteroatoms. The van der Waals surface area contributed by atoms with E-state index in [1.165, 1.54) is 15.9 Å². The number of ether oxygens (including phenoxy) is 1. The summed E-state index contributed by atoms with van der Waals surface area (Å²) in [5.74, 6) is -1.60. The lowest BCUT2D eigenvalue weighted by molar-refractivity contribution is 0.0526. The molecule has 6 nitrogen and oxygen atoms in total. The average Bonchev–Trinajstić information content (AvgIpc) is 3.13. The van der Waals surface area contributed by atoms with Crippen LogP contribution in [0.1, 0.15) is 34.3 Å². The second kappa shape index (κ2) is 9.90. The Balaban J connectivity index is 1.97. The molecule has 3 aromatic rings. The van der Waals surface area contributed by atoms with Gasteiger partial charge in [0.15, 0.2) is 0 Å². The largest absolute Gasteiger partial charge is 0.462 e. The van der Waals surface area contributed by atoms with Gasteiger partial charge in [-0.1, -0.05) is 36.4 Å². The van der Waals surface area contributed by atoms with Gasteiger partial charge >= 0.3 is 5.97 Å². The normalized spacial score (nSPS) is 18.1. The molecule has 0 spiro atoms. The van der Waals surface area contributed by atoms with Crippen LogP contribution < -0.4 is 14.8 Å². The quantitative estimate of drug-likeness (QED) is 0.335. The summed E-state index contributed by atoms with van der Waals surface area (Å²) in [5, 5.41) is 18.6. The highest BCUT2D eigenvalue weighted by atomic mass is 127. The Morgan fingerprint density at radius 1 is 1.24 bits per heavy atom. The Kier molecular flexibility index (Phi) is 7.16. The minimum Gasteiger partial charge on any atom is -0.462 e. The third-order valence-corrected chi connectivity index (χ3v) is 8.93. The van der Waals surface area contributed by atoms with Crippen LogP contribution in [0, 0.1) is 26.2 Å². The van der Waals surface area contributed by atoms with Crippen molar-refractivity contribution in [1.82, 2.24) is 4.57 Å². The number of carbonyl (C=O) groups is 1. The second-order valence-electron chi connectivity index (χ2n) is 7.20. The minimum atomic E-state index is -0.785. The zero-order valence-electron chi connectivity index (χ0n) is 17.3. The van der Waals surface area contributed by atoms with Crippen molar-refractivity contribution in [3.8, 4) is 6.07 Å². The Bertz CT molecular complexity index is 1500.